The van der Waals surface area contributed by atoms with Gasteiger partial charge in [0.2, 0.25) is 0 Å². The molecular formula is C33H41N3O3. The smallest absolute Gasteiger partial charge is 0.412 e. The van der Waals surface area contributed by atoms with Gasteiger partial charge in [-0.15, -0.1) is 0 Å². The third-order valence-electron chi connectivity index (χ3n) is 8.49. The highest BCUT2D eigenvalue weighted by Crippen LogP contribution is 2.41. The second kappa shape index (κ2) is 11.5. The second-order valence-electron chi connectivity index (χ2n) is 12.3. The van der Waals surface area contributed by atoms with Gasteiger partial charge in [0.1, 0.15) is 0 Å². The molecule has 6 nitrogen and oxygen atoms in total. The number of amides is 1. The first-order valence-electron chi connectivity index (χ1n) is 14.5. The molecule has 1 aliphatic heterocycles. The molecule has 1 aromatic heterocycles. The lowest BCUT2D eigenvalue weighted by Gasteiger charge is -2.37. The largest absolute Gasteiger partial charge is 0.465 e. The maximum atomic E-state index is 14.0. The Morgan fingerprint density at radius 3 is 2.38 bits per heavy atom. The zero-order valence-corrected chi connectivity index (χ0v) is 23.5. The first-order valence-corrected chi connectivity index (χ1v) is 14.5. The number of rotatable bonds is 7. The molecule has 1 amide bonds. The van der Waals surface area contributed by atoms with Crippen molar-refractivity contribution in [1.82, 2.24) is 9.88 Å². The van der Waals surface area contributed by atoms with E-state index in [9.17, 15) is 14.7 Å². The van der Waals surface area contributed by atoms with E-state index in [0.29, 0.717) is 23.6 Å². The van der Waals surface area contributed by atoms with E-state index in [1.807, 2.05) is 45.0 Å². The van der Waals surface area contributed by atoms with Gasteiger partial charge in [-0.3, -0.25) is 19.6 Å². The third kappa shape index (κ3) is 6.01. The number of ketones is 1. The lowest BCUT2D eigenvalue weighted by Crippen LogP contribution is -2.46. The molecule has 206 valence electrons. The summed E-state index contributed by atoms with van der Waals surface area (Å²) in [4.78, 5) is 35.3. The van der Waals surface area contributed by atoms with Crippen molar-refractivity contribution in [3.05, 3.63) is 71.4 Å². The molecule has 0 spiro atoms. The molecule has 1 N–H and O–H groups in total. The molecule has 0 radical (unpaired) electrons. The number of hydrogen-bond donors (Lipinski definition) is 1. The number of carboxylic acid groups (broad SMARTS) is 1. The Balaban J connectivity index is 1.27. The lowest BCUT2D eigenvalue weighted by atomic mass is 9.79. The molecule has 1 fully saturated rings. The molecule has 1 unspecified atom stereocenters. The van der Waals surface area contributed by atoms with Crippen LogP contribution in [0.15, 0.2) is 54.6 Å². The zero-order chi connectivity index (χ0) is 27.6. The van der Waals surface area contributed by atoms with Gasteiger partial charge in [-0.1, -0.05) is 61.4 Å². The van der Waals surface area contributed by atoms with Crippen molar-refractivity contribution in [2.45, 2.75) is 77.8 Å². The second-order valence-corrected chi connectivity index (χ2v) is 12.3. The maximum Gasteiger partial charge on any atom is 0.412 e. The molecule has 1 atom stereocenters. The Bertz CT molecular complexity index is 1320. The standard InChI is InChI=1S/C33H41N3O3/c1-33(2,3)36(32(38)39)30-26-14-7-8-15-27(26)34-28-17-16-25(31(37)29(28)30)13-9-12-23-18-20-35(21-19-23)22-24-10-5-4-6-11-24/h4-8,10-11,14-15,23,25H,9,12-13,16-22H2,1-3H3,(H,38,39). The van der Waals surface area contributed by atoms with Crippen LogP contribution in [0.5, 0.6) is 0 Å². The lowest BCUT2D eigenvalue weighted by molar-refractivity contribution is 0.0889. The monoisotopic (exact) mass is 527 g/mol. The molecule has 1 aliphatic carbocycles. The molecule has 6 heteroatoms. The summed E-state index contributed by atoms with van der Waals surface area (Å²) in [7, 11) is 0. The van der Waals surface area contributed by atoms with E-state index < -0.39 is 11.6 Å². The molecule has 5 rings (SSSR count). The topological polar surface area (TPSA) is 73.7 Å². The van der Waals surface area contributed by atoms with Crippen LogP contribution in [-0.2, 0) is 13.0 Å². The molecular weight excluding hydrogens is 486 g/mol. The van der Waals surface area contributed by atoms with Crippen molar-refractivity contribution >= 4 is 28.5 Å². The van der Waals surface area contributed by atoms with Crippen LogP contribution < -0.4 is 4.90 Å². The molecule has 3 aromatic rings. The summed E-state index contributed by atoms with van der Waals surface area (Å²) in [5.41, 5.74) is 3.19. The number of carbonyl (C=O) groups excluding carboxylic acids is 1. The summed E-state index contributed by atoms with van der Waals surface area (Å²) >= 11 is 0. The maximum absolute atomic E-state index is 14.0. The van der Waals surface area contributed by atoms with Crippen LogP contribution in [0, 0.1) is 11.8 Å². The summed E-state index contributed by atoms with van der Waals surface area (Å²) in [6, 6.07) is 18.3. The minimum absolute atomic E-state index is 0.0673. The summed E-state index contributed by atoms with van der Waals surface area (Å²) in [6.45, 7) is 8.91. The number of nitrogens with zero attached hydrogens (tertiary/aromatic N) is 3. The highest BCUT2D eigenvalue weighted by Gasteiger charge is 2.38. The summed E-state index contributed by atoms with van der Waals surface area (Å²) in [6.07, 6.45) is 5.93. The van der Waals surface area contributed by atoms with Gasteiger partial charge in [0.05, 0.1) is 22.5 Å². The fraction of sp³-hybridized carbons (Fsp3) is 0.485. The minimum Gasteiger partial charge on any atom is -0.465 e. The zero-order valence-electron chi connectivity index (χ0n) is 23.5. The first kappa shape index (κ1) is 27.3. The van der Waals surface area contributed by atoms with E-state index in [1.165, 1.54) is 23.3 Å². The average molecular weight is 528 g/mol. The van der Waals surface area contributed by atoms with E-state index in [2.05, 4.69) is 35.2 Å². The molecule has 0 bridgehead atoms. The van der Waals surface area contributed by atoms with Gasteiger partial charge in [-0.05, 0) is 83.5 Å². The Morgan fingerprint density at radius 1 is 1.00 bits per heavy atom. The van der Waals surface area contributed by atoms with Crippen molar-refractivity contribution in [3.8, 4) is 0 Å². The number of piperidine rings is 1. The van der Waals surface area contributed by atoms with Crippen LogP contribution in [0.2, 0.25) is 0 Å². The van der Waals surface area contributed by atoms with Gasteiger partial charge in [0, 0.05) is 23.4 Å². The van der Waals surface area contributed by atoms with Crippen LogP contribution >= 0.6 is 0 Å². The number of aryl methyl sites for hydroxylation is 1. The number of aromatic nitrogens is 1. The minimum atomic E-state index is -1.05. The Labute approximate surface area is 232 Å². The van der Waals surface area contributed by atoms with E-state index >= 15 is 0 Å². The number of para-hydroxylation sites is 1. The fourth-order valence-corrected chi connectivity index (χ4v) is 6.48. The predicted molar refractivity (Wildman–Crippen MR) is 156 cm³/mol. The van der Waals surface area contributed by atoms with Crippen molar-refractivity contribution < 1.29 is 14.7 Å². The van der Waals surface area contributed by atoms with Gasteiger partial charge in [0.25, 0.3) is 0 Å². The number of benzene rings is 2. The van der Waals surface area contributed by atoms with Crippen LogP contribution in [0.3, 0.4) is 0 Å². The Morgan fingerprint density at radius 2 is 1.69 bits per heavy atom. The SMILES string of the molecule is CC(C)(C)N(C(=O)O)c1c2c(nc3ccccc13)CCC(CCCC1CCN(Cc3ccccc3)CC1)C2=O. The number of pyridine rings is 1. The van der Waals surface area contributed by atoms with Gasteiger partial charge in [0.15, 0.2) is 5.78 Å². The molecule has 2 heterocycles. The van der Waals surface area contributed by atoms with Crippen LogP contribution in [0.4, 0.5) is 10.5 Å². The molecule has 2 aliphatic rings. The van der Waals surface area contributed by atoms with E-state index in [1.54, 1.807) is 0 Å². The van der Waals surface area contributed by atoms with Crippen LogP contribution in [0.25, 0.3) is 10.9 Å². The van der Waals surface area contributed by atoms with E-state index in [0.717, 1.165) is 61.9 Å². The molecule has 2 aromatic carbocycles. The van der Waals surface area contributed by atoms with Crippen LogP contribution in [-0.4, -0.2) is 45.5 Å². The van der Waals surface area contributed by atoms with Gasteiger partial charge >= 0.3 is 6.09 Å². The Hall–Kier alpha value is -3.25. The van der Waals surface area contributed by atoms with Gasteiger partial charge < -0.3 is 5.11 Å². The van der Waals surface area contributed by atoms with Gasteiger partial charge in [-0.2, -0.15) is 0 Å². The first-order chi connectivity index (χ1) is 18.7. The summed E-state index contributed by atoms with van der Waals surface area (Å²) < 4.78 is 0. The number of carbonyl (C=O) groups is 2. The fourth-order valence-electron chi connectivity index (χ4n) is 6.48. The summed E-state index contributed by atoms with van der Waals surface area (Å²) in [5, 5.41) is 11.0. The normalized spacial score (nSPS) is 18.7. The molecule has 39 heavy (non-hydrogen) atoms. The summed E-state index contributed by atoms with van der Waals surface area (Å²) in [5.74, 6) is 0.707. The van der Waals surface area contributed by atoms with Crippen molar-refractivity contribution in [1.29, 1.82) is 0 Å². The predicted octanol–water partition coefficient (Wildman–Crippen LogP) is 7.35. The number of hydrogen-bond acceptors (Lipinski definition) is 4. The van der Waals surface area contributed by atoms with Crippen LogP contribution in [0.1, 0.15) is 80.9 Å². The molecule has 1 saturated heterocycles. The quantitative estimate of drug-likeness (QED) is 0.348. The third-order valence-corrected chi connectivity index (χ3v) is 8.49. The number of likely N-dealkylation sites (tertiary alicyclic amines) is 1. The van der Waals surface area contributed by atoms with Crippen molar-refractivity contribution in [2.75, 3.05) is 18.0 Å². The number of Topliss-reactive ketones (excluding diaryl/α,β-unsaturated/α-hetero) is 1. The molecule has 0 saturated carbocycles. The van der Waals surface area contributed by atoms with Crippen molar-refractivity contribution in [3.63, 3.8) is 0 Å². The average Bonchev–Trinajstić information content (AvgIpc) is 2.90. The highest BCUT2D eigenvalue weighted by molar-refractivity contribution is 6.14. The van der Waals surface area contributed by atoms with Gasteiger partial charge in [-0.25, -0.2) is 4.79 Å². The highest BCUT2D eigenvalue weighted by atomic mass is 16.4. The van der Waals surface area contributed by atoms with E-state index in [-0.39, 0.29) is 11.7 Å². The number of anilines is 1. The number of fused-ring (bicyclic) bond motifs is 2. The Kier molecular flexibility index (Phi) is 8.03. The van der Waals surface area contributed by atoms with Crippen molar-refractivity contribution in [2.24, 2.45) is 11.8 Å². The van der Waals surface area contributed by atoms with E-state index in [4.69, 9.17) is 4.98 Å².